The zero-order valence-electron chi connectivity index (χ0n) is 16.9. The summed E-state index contributed by atoms with van der Waals surface area (Å²) >= 11 is 3.61. The summed E-state index contributed by atoms with van der Waals surface area (Å²) in [6.45, 7) is 4.02. The predicted octanol–water partition coefficient (Wildman–Crippen LogP) is 5.42. The van der Waals surface area contributed by atoms with Gasteiger partial charge in [-0.2, -0.15) is 0 Å². The smallest absolute Gasteiger partial charge is 0.280 e. The molecule has 0 unspecified atom stereocenters. The number of benzene rings is 2. The lowest BCUT2D eigenvalue weighted by Gasteiger charge is -2.29. The van der Waals surface area contributed by atoms with Gasteiger partial charge in [-0.15, -0.1) is 23.1 Å². The van der Waals surface area contributed by atoms with Gasteiger partial charge in [0.05, 0.1) is 10.6 Å². The normalized spacial score (nSPS) is 18.6. The highest BCUT2D eigenvalue weighted by molar-refractivity contribution is 8.00. The molecule has 6 heteroatoms. The van der Waals surface area contributed by atoms with Crippen LogP contribution in [-0.4, -0.2) is 9.66 Å². The molecule has 1 aliphatic rings. The Labute approximate surface area is 183 Å². The Bertz CT molecular complexity index is 1260. The van der Waals surface area contributed by atoms with Crippen LogP contribution in [0.3, 0.4) is 0 Å². The van der Waals surface area contributed by atoms with E-state index in [9.17, 15) is 4.79 Å². The first-order chi connectivity index (χ1) is 14.5. The van der Waals surface area contributed by atoms with Crippen molar-refractivity contribution in [2.75, 3.05) is 5.84 Å². The summed E-state index contributed by atoms with van der Waals surface area (Å²) < 4.78 is 1.25. The Morgan fingerprint density at radius 2 is 1.67 bits per heavy atom. The average molecular weight is 434 g/mol. The van der Waals surface area contributed by atoms with Crippen LogP contribution in [0.4, 0.5) is 0 Å². The quantitative estimate of drug-likeness (QED) is 0.439. The first kappa shape index (κ1) is 19.4. The zero-order valence-corrected chi connectivity index (χ0v) is 18.5. The number of nitrogens with zero attached hydrogens (tertiary/aromatic N) is 2. The van der Waals surface area contributed by atoms with Gasteiger partial charge >= 0.3 is 0 Å². The van der Waals surface area contributed by atoms with E-state index in [2.05, 4.69) is 48.5 Å². The van der Waals surface area contributed by atoms with Crippen molar-refractivity contribution in [3.8, 4) is 0 Å². The molecule has 152 valence electrons. The number of nitrogen functional groups attached to an aromatic ring is 1. The number of thioether (sulfide) groups is 1. The van der Waals surface area contributed by atoms with Crippen LogP contribution in [0.5, 0.6) is 0 Å². The van der Waals surface area contributed by atoms with Crippen LogP contribution in [0.1, 0.15) is 57.7 Å². The summed E-state index contributed by atoms with van der Waals surface area (Å²) in [4.78, 5) is 20.1. The maximum Gasteiger partial charge on any atom is 0.280 e. The minimum absolute atomic E-state index is 0.0857. The summed E-state index contributed by atoms with van der Waals surface area (Å²) in [7, 11) is 0. The molecule has 0 spiro atoms. The monoisotopic (exact) mass is 433 g/mol. The number of hydrogen-bond acceptors (Lipinski definition) is 5. The number of nitrogens with two attached hydrogens (primary N) is 1. The van der Waals surface area contributed by atoms with E-state index in [1.54, 1.807) is 11.3 Å². The van der Waals surface area contributed by atoms with Gasteiger partial charge in [0.2, 0.25) is 0 Å². The highest BCUT2D eigenvalue weighted by atomic mass is 32.2. The molecule has 2 aromatic carbocycles. The SMILES string of the molecule is CC(C)c1nc2sc3c(c2c(=O)n1N)C[C@H](c1ccccc1)S[C@H]3c1ccccc1. The molecule has 5 rings (SSSR count). The zero-order chi connectivity index (χ0) is 20.8. The third-order valence-corrected chi connectivity index (χ3v) is 8.52. The molecule has 3 heterocycles. The number of hydrogen-bond donors (Lipinski definition) is 1. The Morgan fingerprint density at radius 3 is 2.30 bits per heavy atom. The van der Waals surface area contributed by atoms with Crippen molar-refractivity contribution in [3.05, 3.63) is 98.4 Å². The molecule has 0 amide bonds. The molecule has 2 atom stereocenters. The largest absolute Gasteiger partial charge is 0.335 e. The average Bonchev–Trinajstić information content (AvgIpc) is 3.15. The maximum atomic E-state index is 13.3. The number of fused-ring (bicyclic) bond motifs is 3. The van der Waals surface area contributed by atoms with E-state index in [1.807, 2.05) is 37.7 Å². The molecule has 1 aliphatic heterocycles. The molecule has 30 heavy (non-hydrogen) atoms. The molecule has 2 N–H and O–H groups in total. The molecule has 4 aromatic rings. The van der Waals surface area contributed by atoms with Gasteiger partial charge < -0.3 is 5.84 Å². The van der Waals surface area contributed by atoms with Crippen molar-refractivity contribution in [2.24, 2.45) is 0 Å². The van der Waals surface area contributed by atoms with Gasteiger partial charge in [0.15, 0.2) is 0 Å². The number of thiophene rings is 1. The Hall–Kier alpha value is -2.57. The highest BCUT2D eigenvalue weighted by Crippen LogP contribution is 2.54. The van der Waals surface area contributed by atoms with Crippen molar-refractivity contribution in [2.45, 2.75) is 36.7 Å². The fourth-order valence-electron chi connectivity index (χ4n) is 4.15. The molecular weight excluding hydrogens is 410 g/mol. The van der Waals surface area contributed by atoms with Crippen LogP contribution in [-0.2, 0) is 6.42 Å². The van der Waals surface area contributed by atoms with Crippen molar-refractivity contribution < 1.29 is 0 Å². The fourth-order valence-corrected chi connectivity index (χ4v) is 7.16. The third-order valence-electron chi connectivity index (χ3n) is 5.63. The molecule has 4 nitrogen and oxygen atoms in total. The van der Waals surface area contributed by atoms with Crippen LogP contribution in [0, 0.1) is 0 Å². The molecular formula is C24H23N3OS2. The van der Waals surface area contributed by atoms with Gasteiger partial charge in [-0.05, 0) is 23.1 Å². The maximum absolute atomic E-state index is 13.3. The van der Waals surface area contributed by atoms with Crippen LogP contribution in [0.15, 0.2) is 65.5 Å². The van der Waals surface area contributed by atoms with E-state index in [1.165, 1.54) is 20.7 Å². The van der Waals surface area contributed by atoms with Crippen LogP contribution in [0.2, 0.25) is 0 Å². The topological polar surface area (TPSA) is 60.9 Å². The molecule has 0 radical (unpaired) electrons. The minimum Gasteiger partial charge on any atom is -0.335 e. The summed E-state index contributed by atoms with van der Waals surface area (Å²) in [6.07, 6.45) is 0.811. The lowest BCUT2D eigenvalue weighted by atomic mass is 9.98. The lowest BCUT2D eigenvalue weighted by Crippen LogP contribution is -2.32. The van der Waals surface area contributed by atoms with E-state index in [0.29, 0.717) is 11.2 Å². The van der Waals surface area contributed by atoms with Crippen molar-refractivity contribution in [3.63, 3.8) is 0 Å². The summed E-state index contributed by atoms with van der Waals surface area (Å²) in [5.41, 5.74) is 3.52. The second-order valence-electron chi connectivity index (χ2n) is 7.96. The summed E-state index contributed by atoms with van der Waals surface area (Å²) in [5, 5.41) is 1.15. The van der Waals surface area contributed by atoms with Gasteiger partial charge in [0.1, 0.15) is 10.7 Å². The molecule has 0 fully saturated rings. The van der Waals surface area contributed by atoms with Gasteiger partial charge in [0.25, 0.3) is 5.56 Å². The summed E-state index contributed by atoms with van der Waals surface area (Å²) in [6, 6.07) is 21.1. The van der Waals surface area contributed by atoms with Crippen molar-refractivity contribution in [1.82, 2.24) is 9.66 Å². The lowest BCUT2D eigenvalue weighted by molar-refractivity contribution is 0.704. The first-order valence-corrected chi connectivity index (χ1v) is 11.9. The highest BCUT2D eigenvalue weighted by Gasteiger charge is 2.34. The molecule has 0 bridgehead atoms. The number of aromatic nitrogens is 2. The van der Waals surface area contributed by atoms with Gasteiger partial charge in [-0.3, -0.25) is 4.79 Å². The molecule has 0 saturated heterocycles. The second-order valence-corrected chi connectivity index (χ2v) is 10.3. The van der Waals surface area contributed by atoms with E-state index >= 15 is 0 Å². The molecule has 0 saturated carbocycles. The van der Waals surface area contributed by atoms with Gasteiger partial charge in [-0.1, -0.05) is 74.5 Å². The number of rotatable bonds is 3. The van der Waals surface area contributed by atoms with Crippen molar-refractivity contribution in [1.29, 1.82) is 0 Å². The van der Waals surface area contributed by atoms with E-state index in [0.717, 1.165) is 16.8 Å². The van der Waals surface area contributed by atoms with Crippen LogP contribution in [0.25, 0.3) is 10.2 Å². The molecule has 2 aromatic heterocycles. The van der Waals surface area contributed by atoms with E-state index < -0.39 is 0 Å². The Kier molecular flexibility index (Phi) is 4.91. The van der Waals surface area contributed by atoms with Gasteiger partial charge in [-0.25, -0.2) is 9.66 Å². The Morgan fingerprint density at radius 1 is 1.03 bits per heavy atom. The molecule has 0 aliphatic carbocycles. The second kappa shape index (κ2) is 7.60. The van der Waals surface area contributed by atoms with Crippen LogP contribution < -0.4 is 11.4 Å². The van der Waals surface area contributed by atoms with Crippen molar-refractivity contribution >= 4 is 33.3 Å². The van der Waals surface area contributed by atoms with Gasteiger partial charge in [0, 0.05) is 16.0 Å². The first-order valence-electron chi connectivity index (χ1n) is 10.1. The fraction of sp³-hybridized carbons (Fsp3) is 0.250. The van der Waals surface area contributed by atoms with E-state index in [4.69, 9.17) is 10.8 Å². The minimum atomic E-state index is -0.133. The van der Waals surface area contributed by atoms with Crippen LogP contribution >= 0.6 is 23.1 Å². The van der Waals surface area contributed by atoms with E-state index in [-0.39, 0.29) is 22.0 Å². The Balaban J connectivity index is 1.75. The third kappa shape index (κ3) is 3.15. The predicted molar refractivity (Wildman–Crippen MR) is 127 cm³/mol. The summed E-state index contributed by atoms with van der Waals surface area (Å²) in [5.74, 6) is 6.89. The standard InChI is InChI=1S/C24H23N3OS2/c1-14(2)22-26-23-19(24(28)27(22)25)17-13-18(15-9-5-3-6-10-15)29-20(21(17)30-23)16-11-7-4-8-12-16/h3-12,14,18,20H,13,25H2,1-2H3/t18-,20+/m1/s1.